The lowest BCUT2D eigenvalue weighted by atomic mass is 10.0. The van der Waals surface area contributed by atoms with Crippen LogP contribution in [0.2, 0.25) is 0 Å². The van der Waals surface area contributed by atoms with Gasteiger partial charge >= 0.3 is 0 Å². The van der Waals surface area contributed by atoms with Gasteiger partial charge in [-0.3, -0.25) is 4.79 Å². The molecule has 20 heavy (non-hydrogen) atoms. The molecule has 0 bridgehead atoms. The minimum Gasteiger partial charge on any atom is -0.350 e. The van der Waals surface area contributed by atoms with Gasteiger partial charge in [-0.05, 0) is 30.2 Å². The number of carbonyl (C=O) groups is 1. The lowest BCUT2D eigenvalue weighted by molar-refractivity contribution is 0.0939. The second-order valence-electron chi connectivity index (χ2n) is 5.40. The summed E-state index contributed by atoms with van der Waals surface area (Å²) < 4.78 is 0. The Kier molecular flexibility index (Phi) is 5.16. The summed E-state index contributed by atoms with van der Waals surface area (Å²) in [6, 6.07) is 14.1. The second-order valence-corrected chi connectivity index (χ2v) is 5.40. The van der Waals surface area contributed by atoms with Crippen molar-refractivity contribution in [1.29, 1.82) is 0 Å². The molecule has 2 aromatic rings. The Morgan fingerprint density at radius 3 is 2.65 bits per heavy atom. The summed E-state index contributed by atoms with van der Waals surface area (Å²) in [5.41, 5.74) is 0.769. The zero-order chi connectivity index (χ0) is 14.4. The summed E-state index contributed by atoms with van der Waals surface area (Å²) in [7, 11) is 0. The van der Waals surface area contributed by atoms with Crippen LogP contribution in [0.1, 0.15) is 49.9 Å². The third kappa shape index (κ3) is 3.60. The Morgan fingerprint density at radius 1 is 1.10 bits per heavy atom. The van der Waals surface area contributed by atoms with E-state index in [2.05, 4.69) is 19.2 Å². The molecule has 0 spiro atoms. The predicted octanol–water partition coefficient (Wildman–Crippen LogP) is 4.54. The Labute approximate surface area is 121 Å². The van der Waals surface area contributed by atoms with E-state index in [9.17, 15) is 4.79 Å². The van der Waals surface area contributed by atoms with Crippen LogP contribution in [0.4, 0.5) is 0 Å². The van der Waals surface area contributed by atoms with Gasteiger partial charge in [0.25, 0.3) is 5.91 Å². The minimum atomic E-state index is 0.0331. The number of hydrogen-bond donors (Lipinski definition) is 1. The summed E-state index contributed by atoms with van der Waals surface area (Å²) in [5, 5.41) is 5.24. The molecule has 1 amide bonds. The molecule has 0 saturated heterocycles. The molecule has 2 nitrogen and oxygen atoms in total. The second kappa shape index (κ2) is 7.09. The summed E-state index contributed by atoms with van der Waals surface area (Å²) in [6.45, 7) is 4.28. The lowest BCUT2D eigenvalue weighted by Crippen LogP contribution is -2.32. The molecule has 2 heteroatoms. The molecule has 2 aromatic carbocycles. The average Bonchev–Trinajstić information content (AvgIpc) is 2.47. The lowest BCUT2D eigenvalue weighted by Gasteiger charge is -2.14. The fourth-order valence-electron chi connectivity index (χ4n) is 2.50. The van der Waals surface area contributed by atoms with Gasteiger partial charge in [0.1, 0.15) is 0 Å². The van der Waals surface area contributed by atoms with Crippen LogP contribution in [0.15, 0.2) is 42.5 Å². The number of amides is 1. The zero-order valence-electron chi connectivity index (χ0n) is 12.4. The molecular formula is C18H23NO. The summed E-state index contributed by atoms with van der Waals surface area (Å²) in [5.74, 6) is 0.0331. The van der Waals surface area contributed by atoms with Crippen LogP contribution in [-0.2, 0) is 0 Å². The van der Waals surface area contributed by atoms with E-state index in [0.29, 0.717) is 0 Å². The first kappa shape index (κ1) is 14.6. The van der Waals surface area contributed by atoms with Crippen LogP contribution in [-0.4, -0.2) is 11.9 Å². The molecule has 1 atom stereocenters. The van der Waals surface area contributed by atoms with E-state index in [-0.39, 0.29) is 11.9 Å². The fourth-order valence-corrected chi connectivity index (χ4v) is 2.50. The van der Waals surface area contributed by atoms with Crippen LogP contribution in [0.25, 0.3) is 10.8 Å². The van der Waals surface area contributed by atoms with Crippen molar-refractivity contribution in [2.75, 3.05) is 0 Å². The highest BCUT2D eigenvalue weighted by Gasteiger charge is 2.12. The molecule has 0 aliphatic rings. The first-order valence-electron chi connectivity index (χ1n) is 7.51. The maximum atomic E-state index is 12.4. The SMILES string of the molecule is CCCCCC(C)NC(=O)c1cccc2ccccc12. The van der Waals surface area contributed by atoms with E-state index in [4.69, 9.17) is 0 Å². The van der Waals surface area contributed by atoms with E-state index in [1.54, 1.807) is 0 Å². The molecule has 0 radical (unpaired) electrons. The number of carbonyl (C=O) groups excluding carboxylic acids is 1. The molecule has 0 saturated carbocycles. The highest BCUT2D eigenvalue weighted by atomic mass is 16.1. The maximum absolute atomic E-state index is 12.4. The molecule has 1 N–H and O–H groups in total. The van der Waals surface area contributed by atoms with Crippen LogP contribution in [0, 0.1) is 0 Å². The quantitative estimate of drug-likeness (QED) is 0.766. The van der Waals surface area contributed by atoms with Crippen LogP contribution >= 0.6 is 0 Å². The summed E-state index contributed by atoms with van der Waals surface area (Å²) in [4.78, 5) is 12.4. The highest BCUT2D eigenvalue weighted by molar-refractivity contribution is 6.07. The van der Waals surface area contributed by atoms with Gasteiger partial charge in [0.05, 0.1) is 0 Å². The standard InChI is InChI=1S/C18H23NO/c1-3-4-5-9-14(2)19-18(20)17-13-8-11-15-10-6-7-12-16(15)17/h6-8,10-14H,3-5,9H2,1-2H3,(H,19,20). The number of hydrogen-bond acceptors (Lipinski definition) is 1. The Balaban J connectivity index is 2.08. The Morgan fingerprint density at radius 2 is 1.85 bits per heavy atom. The molecule has 0 aromatic heterocycles. The van der Waals surface area contributed by atoms with Crippen molar-refractivity contribution < 1.29 is 4.79 Å². The smallest absolute Gasteiger partial charge is 0.252 e. The first-order chi connectivity index (χ1) is 9.72. The van der Waals surface area contributed by atoms with Gasteiger partial charge in [-0.15, -0.1) is 0 Å². The van der Waals surface area contributed by atoms with E-state index < -0.39 is 0 Å². The van der Waals surface area contributed by atoms with Crippen molar-refractivity contribution in [2.45, 2.75) is 45.6 Å². The normalized spacial score (nSPS) is 12.3. The van der Waals surface area contributed by atoms with E-state index in [0.717, 1.165) is 22.8 Å². The number of fused-ring (bicyclic) bond motifs is 1. The van der Waals surface area contributed by atoms with Crippen molar-refractivity contribution in [3.8, 4) is 0 Å². The average molecular weight is 269 g/mol. The monoisotopic (exact) mass is 269 g/mol. The topological polar surface area (TPSA) is 29.1 Å². The Hall–Kier alpha value is -1.83. The fraction of sp³-hybridized carbons (Fsp3) is 0.389. The molecule has 0 aliphatic heterocycles. The third-order valence-corrected chi connectivity index (χ3v) is 3.65. The van der Waals surface area contributed by atoms with E-state index >= 15 is 0 Å². The number of rotatable bonds is 6. The molecule has 0 aliphatic carbocycles. The molecule has 1 unspecified atom stereocenters. The van der Waals surface area contributed by atoms with Crippen molar-refractivity contribution in [3.63, 3.8) is 0 Å². The van der Waals surface area contributed by atoms with Crippen molar-refractivity contribution in [2.24, 2.45) is 0 Å². The highest BCUT2D eigenvalue weighted by Crippen LogP contribution is 2.18. The number of unbranched alkanes of at least 4 members (excludes halogenated alkanes) is 2. The first-order valence-corrected chi connectivity index (χ1v) is 7.51. The van der Waals surface area contributed by atoms with Gasteiger partial charge in [0.2, 0.25) is 0 Å². The van der Waals surface area contributed by atoms with Gasteiger partial charge in [-0.25, -0.2) is 0 Å². The van der Waals surface area contributed by atoms with Crippen LogP contribution in [0.3, 0.4) is 0 Å². The van der Waals surface area contributed by atoms with Crippen molar-refractivity contribution >= 4 is 16.7 Å². The van der Waals surface area contributed by atoms with Gasteiger partial charge in [0.15, 0.2) is 0 Å². The van der Waals surface area contributed by atoms with Gasteiger partial charge in [0, 0.05) is 11.6 Å². The molecule has 0 heterocycles. The van der Waals surface area contributed by atoms with E-state index in [1.165, 1.54) is 19.3 Å². The van der Waals surface area contributed by atoms with Crippen LogP contribution < -0.4 is 5.32 Å². The van der Waals surface area contributed by atoms with Crippen molar-refractivity contribution in [1.82, 2.24) is 5.32 Å². The van der Waals surface area contributed by atoms with Crippen LogP contribution in [0.5, 0.6) is 0 Å². The molecular weight excluding hydrogens is 246 g/mol. The molecule has 106 valence electrons. The zero-order valence-corrected chi connectivity index (χ0v) is 12.4. The van der Waals surface area contributed by atoms with Crippen molar-refractivity contribution in [3.05, 3.63) is 48.0 Å². The van der Waals surface area contributed by atoms with Gasteiger partial charge in [-0.1, -0.05) is 62.6 Å². The number of benzene rings is 2. The van der Waals surface area contributed by atoms with E-state index in [1.807, 2.05) is 42.5 Å². The third-order valence-electron chi connectivity index (χ3n) is 3.65. The van der Waals surface area contributed by atoms with Gasteiger partial charge in [-0.2, -0.15) is 0 Å². The summed E-state index contributed by atoms with van der Waals surface area (Å²) >= 11 is 0. The number of nitrogens with one attached hydrogen (secondary N) is 1. The summed E-state index contributed by atoms with van der Waals surface area (Å²) in [6.07, 6.45) is 4.66. The predicted molar refractivity (Wildman–Crippen MR) is 85.0 cm³/mol. The Bertz CT molecular complexity index is 571. The van der Waals surface area contributed by atoms with Gasteiger partial charge < -0.3 is 5.32 Å². The largest absolute Gasteiger partial charge is 0.350 e. The minimum absolute atomic E-state index is 0.0331. The molecule has 2 rings (SSSR count). The maximum Gasteiger partial charge on any atom is 0.252 e. The molecule has 0 fully saturated rings.